The highest BCUT2D eigenvalue weighted by Gasteiger charge is 2.40. The Balaban J connectivity index is 2.13. The van der Waals surface area contributed by atoms with Gasteiger partial charge in [0.2, 0.25) is 0 Å². The topological polar surface area (TPSA) is 55.4 Å². The van der Waals surface area contributed by atoms with E-state index in [-0.39, 0.29) is 5.75 Å². The number of hydrogen-bond acceptors (Lipinski definition) is 4. The molecule has 0 radical (unpaired) electrons. The number of nitrogens with one attached hydrogen (secondary N) is 1. The average molecular weight is 205 g/mol. The molecule has 0 aromatic rings. The first-order valence-corrected chi connectivity index (χ1v) is 6.49. The lowest BCUT2D eigenvalue weighted by molar-refractivity contribution is -0.0574. The molecule has 76 valence electrons. The van der Waals surface area contributed by atoms with Gasteiger partial charge in [0.1, 0.15) is 0 Å². The van der Waals surface area contributed by atoms with Gasteiger partial charge >= 0.3 is 0 Å². The largest absolute Gasteiger partial charge is 0.371 e. The molecule has 2 aliphatic heterocycles. The molecule has 0 aromatic carbocycles. The molecule has 0 amide bonds. The fourth-order valence-electron chi connectivity index (χ4n) is 2.12. The van der Waals surface area contributed by atoms with Crippen LogP contribution in [0.25, 0.3) is 0 Å². The van der Waals surface area contributed by atoms with Gasteiger partial charge < -0.3 is 10.1 Å². The third kappa shape index (κ3) is 2.03. The molecule has 0 saturated carbocycles. The molecular formula is C8H15NO3S. The minimum absolute atomic E-state index is 0.201. The summed E-state index contributed by atoms with van der Waals surface area (Å²) in [4.78, 5) is 0. The summed E-state index contributed by atoms with van der Waals surface area (Å²) >= 11 is 0. The van der Waals surface area contributed by atoms with E-state index in [4.69, 9.17) is 4.74 Å². The zero-order valence-electron chi connectivity index (χ0n) is 7.58. The summed E-state index contributed by atoms with van der Waals surface area (Å²) in [6, 6.07) is 0. The Kier molecular flexibility index (Phi) is 2.33. The molecule has 2 aliphatic rings. The second kappa shape index (κ2) is 3.22. The average Bonchev–Trinajstić information content (AvgIpc) is 2.03. The van der Waals surface area contributed by atoms with E-state index >= 15 is 0 Å². The molecule has 1 spiro atoms. The third-order valence-corrected chi connectivity index (χ3v) is 4.58. The Hall–Kier alpha value is -0.130. The highest BCUT2D eigenvalue weighted by atomic mass is 32.2. The number of rotatable bonds is 0. The molecule has 2 heterocycles. The van der Waals surface area contributed by atoms with Gasteiger partial charge in [0.25, 0.3) is 0 Å². The van der Waals surface area contributed by atoms with Crippen molar-refractivity contribution >= 4 is 9.84 Å². The summed E-state index contributed by atoms with van der Waals surface area (Å²) in [7, 11) is -2.86. The van der Waals surface area contributed by atoms with E-state index < -0.39 is 15.4 Å². The molecule has 4 nitrogen and oxygen atoms in total. The Labute approximate surface area is 78.6 Å². The highest BCUT2D eigenvalue weighted by molar-refractivity contribution is 7.91. The van der Waals surface area contributed by atoms with Gasteiger partial charge in [-0.05, 0) is 12.8 Å². The van der Waals surface area contributed by atoms with Gasteiger partial charge in [0.05, 0.1) is 23.7 Å². The monoisotopic (exact) mass is 205 g/mol. The molecule has 0 bridgehead atoms. The van der Waals surface area contributed by atoms with Gasteiger partial charge in [-0.25, -0.2) is 8.42 Å². The lowest BCUT2D eigenvalue weighted by Gasteiger charge is -2.40. The number of ether oxygens (including phenoxy) is 1. The second-order valence-electron chi connectivity index (χ2n) is 3.90. The number of sulfone groups is 1. The molecule has 1 atom stereocenters. The van der Waals surface area contributed by atoms with Crippen LogP contribution in [-0.4, -0.2) is 45.2 Å². The molecule has 1 unspecified atom stereocenters. The maximum atomic E-state index is 11.4. The van der Waals surface area contributed by atoms with Crippen LogP contribution in [0, 0.1) is 0 Å². The summed E-state index contributed by atoms with van der Waals surface area (Å²) < 4.78 is 28.4. The van der Waals surface area contributed by atoms with Crippen LogP contribution in [0.4, 0.5) is 0 Å². The Morgan fingerprint density at radius 1 is 1.38 bits per heavy atom. The van der Waals surface area contributed by atoms with Gasteiger partial charge in [-0.15, -0.1) is 0 Å². The quantitative estimate of drug-likeness (QED) is 0.582. The highest BCUT2D eigenvalue weighted by Crippen LogP contribution is 2.27. The van der Waals surface area contributed by atoms with Crippen molar-refractivity contribution in [3.05, 3.63) is 0 Å². The van der Waals surface area contributed by atoms with Crippen LogP contribution in [0.1, 0.15) is 12.8 Å². The Morgan fingerprint density at radius 3 is 2.85 bits per heavy atom. The van der Waals surface area contributed by atoms with Crippen LogP contribution in [-0.2, 0) is 14.6 Å². The zero-order chi connectivity index (χ0) is 9.36. The molecule has 0 aromatic heterocycles. The lowest BCUT2D eigenvalue weighted by atomic mass is 9.98. The molecule has 0 aliphatic carbocycles. The van der Waals surface area contributed by atoms with Gasteiger partial charge in [-0.3, -0.25) is 0 Å². The van der Waals surface area contributed by atoms with Crippen LogP contribution in [0.5, 0.6) is 0 Å². The van der Waals surface area contributed by atoms with E-state index in [1.807, 2.05) is 0 Å². The summed E-state index contributed by atoms with van der Waals surface area (Å²) in [5.74, 6) is 0.533. The summed E-state index contributed by atoms with van der Waals surface area (Å²) in [6.45, 7) is 2.16. The van der Waals surface area contributed by atoms with Crippen LogP contribution in [0.15, 0.2) is 0 Å². The predicted octanol–water partition coefficient (Wildman–Crippen LogP) is -0.446. The Bertz CT molecular complexity index is 274. The lowest BCUT2D eigenvalue weighted by Crippen LogP contribution is -2.55. The Morgan fingerprint density at radius 2 is 2.23 bits per heavy atom. The number of hydrogen-bond donors (Lipinski definition) is 1. The predicted molar refractivity (Wildman–Crippen MR) is 49.4 cm³/mol. The van der Waals surface area contributed by atoms with Gasteiger partial charge in [-0.1, -0.05) is 0 Å². The van der Waals surface area contributed by atoms with Gasteiger partial charge in [0.15, 0.2) is 9.84 Å². The van der Waals surface area contributed by atoms with E-state index in [0.29, 0.717) is 18.9 Å². The minimum Gasteiger partial charge on any atom is -0.371 e. The van der Waals surface area contributed by atoms with Crippen LogP contribution >= 0.6 is 0 Å². The van der Waals surface area contributed by atoms with Crippen molar-refractivity contribution in [2.24, 2.45) is 0 Å². The first kappa shape index (κ1) is 9.43. The molecule has 1 N–H and O–H groups in total. The SMILES string of the molecule is O=S1(=O)CCCC2(CNCCO2)C1. The first-order chi connectivity index (χ1) is 6.12. The van der Waals surface area contributed by atoms with E-state index in [0.717, 1.165) is 19.4 Å². The number of morpholine rings is 1. The van der Waals surface area contributed by atoms with E-state index in [1.165, 1.54) is 0 Å². The fourth-order valence-corrected chi connectivity index (χ4v) is 3.98. The van der Waals surface area contributed by atoms with Crippen LogP contribution in [0.2, 0.25) is 0 Å². The van der Waals surface area contributed by atoms with Crippen molar-refractivity contribution in [2.45, 2.75) is 18.4 Å². The minimum atomic E-state index is -2.86. The first-order valence-electron chi connectivity index (χ1n) is 4.67. The van der Waals surface area contributed by atoms with Crippen molar-refractivity contribution in [3.63, 3.8) is 0 Å². The van der Waals surface area contributed by atoms with Gasteiger partial charge in [0, 0.05) is 13.1 Å². The zero-order valence-corrected chi connectivity index (χ0v) is 8.40. The molecule has 2 fully saturated rings. The maximum absolute atomic E-state index is 11.4. The van der Waals surface area contributed by atoms with Crippen LogP contribution < -0.4 is 5.32 Å². The normalized spacial score (nSPS) is 39.1. The van der Waals surface area contributed by atoms with Gasteiger partial charge in [-0.2, -0.15) is 0 Å². The second-order valence-corrected chi connectivity index (χ2v) is 6.09. The summed E-state index contributed by atoms with van der Waals surface area (Å²) in [6.07, 6.45) is 1.61. The summed E-state index contributed by atoms with van der Waals surface area (Å²) in [5, 5.41) is 3.19. The molecule has 2 saturated heterocycles. The summed E-state index contributed by atoms with van der Waals surface area (Å²) in [5.41, 5.74) is -0.407. The van der Waals surface area contributed by atoms with Crippen molar-refractivity contribution in [1.82, 2.24) is 5.32 Å². The van der Waals surface area contributed by atoms with E-state index in [9.17, 15) is 8.42 Å². The van der Waals surface area contributed by atoms with Crippen molar-refractivity contribution in [2.75, 3.05) is 31.2 Å². The van der Waals surface area contributed by atoms with E-state index in [1.54, 1.807) is 0 Å². The van der Waals surface area contributed by atoms with E-state index in [2.05, 4.69) is 5.32 Å². The van der Waals surface area contributed by atoms with Crippen molar-refractivity contribution < 1.29 is 13.2 Å². The van der Waals surface area contributed by atoms with Crippen molar-refractivity contribution in [1.29, 1.82) is 0 Å². The fraction of sp³-hybridized carbons (Fsp3) is 1.00. The molecule has 2 rings (SSSR count). The molecule has 5 heteroatoms. The molecular weight excluding hydrogens is 190 g/mol. The van der Waals surface area contributed by atoms with Crippen molar-refractivity contribution in [3.8, 4) is 0 Å². The smallest absolute Gasteiger partial charge is 0.153 e. The molecule has 13 heavy (non-hydrogen) atoms. The third-order valence-electron chi connectivity index (χ3n) is 2.70. The standard InChI is InChI=1S/C8H15NO3S/c10-13(11)5-1-2-8(7-13)6-9-3-4-12-8/h9H,1-7H2. The maximum Gasteiger partial charge on any atom is 0.153 e. The van der Waals surface area contributed by atoms with Crippen LogP contribution in [0.3, 0.4) is 0 Å².